The largest absolute Gasteiger partial charge is 0.328 e. The molecule has 1 fully saturated rings. The number of halogens is 1. The van der Waals surface area contributed by atoms with Crippen molar-refractivity contribution in [1.29, 1.82) is 0 Å². The van der Waals surface area contributed by atoms with Crippen molar-refractivity contribution in [3.8, 4) is 0 Å². The first kappa shape index (κ1) is 15.9. The van der Waals surface area contributed by atoms with E-state index < -0.39 is 0 Å². The summed E-state index contributed by atoms with van der Waals surface area (Å²) in [6.07, 6.45) is 2.73. The Morgan fingerprint density at radius 1 is 1.57 bits per heavy atom. The molecule has 1 aromatic carbocycles. The summed E-state index contributed by atoms with van der Waals surface area (Å²) < 4.78 is 13.0. The number of amides is 1. The maximum atomic E-state index is 13.0. The van der Waals surface area contributed by atoms with Crippen molar-refractivity contribution in [1.82, 2.24) is 4.90 Å². The van der Waals surface area contributed by atoms with Crippen molar-refractivity contribution < 1.29 is 9.18 Å². The van der Waals surface area contributed by atoms with Gasteiger partial charge in [0.15, 0.2) is 0 Å². The summed E-state index contributed by atoms with van der Waals surface area (Å²) in [5.41, 5.74) is 6.47. The molecule has 1 heterocycles. The number of rotatable bonds is 5. The van der Waals surface area contributed by atoms with E-state index in [4.69, 9.17) is 5.73 Å². The number of hydrogen-bond donors (Lipinski definition) is 2. The molecular formula is C16H24FN3O. The highest BCUT2D eigenvalue weighted by molar-refractivity contribution is 5.90. The molecule has 0 aliphatic carbocycles. The third-order valence-electron chi connectivity index (χ3n) is 4.05. The maximum Gasteiger partial charge on any atom is 0.225 e. The average Bonchev–Trinajstić information content (AvgIpc) is 2.45. The molecule has 116 valence electrons. The molecule has 2 atom stereocenters. The van der Waals surface area contributed by atoms with Gasteiger partial charge in [-0.1, -0.05) is 6.07 Å². The first-order chi connectivity index (χ1) is 10.0. The Morgan fingerprint density at radius 2 is 2.38 bits per heavy atom. The predicted octanol–water partition coefficient (Wildman–Crippen LogP) is 2.21. The summed E-state index contributed by atoms with van der Waals surface area (Å²) in [6.45, 7) is 4.76. The molecule has 1 aliphatic heterocycles. The smallest absolute Gasteiger partial charge is 0.225 e. The molecule has 0 saturated carbocycles. The predicted molar refractivity (Wildman–Crippen MR) is 82.5 cm³/mol. The zero-order valence-electron chi connectivity index (χ0n) is 12.5. The number of nitrogens with two attached hydrogens (primary N) is 1. The molecule has 0 radical (unpaired) electrons. The zero-order chi connectivity index (χ0) is 15.2. The molecule has 0 spiro atoms. The summed E-state index contributed by atoms with van der Waals surface area (Å²) in [7, 11) is 0. The normalized spacial score (nSPS) is 21.0. The van der Waals surface area contributed by atoms with Crippen molar-refractivity contribution in [3.05, 3.63) is 30.1 Å². The Balaban J connectivity index is 1.76. The van der Waals surface area contributed by atoms with Crippen LogP contribution in [0.5, 0.6) is 0 Å². The lowest BCUT2D eigenvalue weighted by molar-refractivity contribution is -0.116. The van der Waals surface area contributed by atoms with Gasteiger partial charge in [-0.2, -0.15) is 0 Å². The fourth-order valence-electron chi connectivity index (χ4n) is 2.77. The summed E-state index contributed by atoms with van der Waals surface area (Å²) in [4.78, 5) is 14.2. The second kappa shape index (κ2) is 7.52. The Morgan fingerprint density at radius 3 is 3.10 bits per heavy atom. The van der Waals surface area contributed by atoms with Crippen LogP contribution >= 0.6 is 0 Å². The fraction of sp³-hybridized carbons (Fsp3) is 0.562. The summed E-state index contributed by atoms with van der Waals surface area (Å²) in [5, 5.41) is 2.73. The minimum atomic E-state index is -0.344. The van der Waals surface area contributed by atoms with Crippen molar-refractivity contribution in [2.45, 2.75) is 32.2 Å². The van der Waals surface area contributed by atoms with Gasteiger partial charge in [0.2, 0.25) is 5.91 Å². The van der Waals surface area contributed by atoms with E-state index in [-0.39, 0.29) is 17.8 Å². The number of likely N-dealkylation sites (tertiary alicyclic amines) is 1. The van der Waals surface area contributed by atoms with Crippen molar-refractivity contribution in [3.63, 3.8) is 0 Å². The molecule has 1 aromatic rings. The van der Waals surface area contributed by atoms with E-state index in [1.165, 1.54) is 18.6 Å². The number of hydrogen-bond acceptors (Lipinski definition) is 3. The summed E-state index contributed by atoms with van der Waals surface area (Å²) >= 11 is 0. The molecule has 1 aliphatic rings. The quantitative estimate of drug-likeness (QED) is 0.875. The lowest BCUT2D eigenvalue weighted by Gasteiger charge is -2.34. The third kappa shape index (κ3) is 5.10. The van der Waals surface area contributed by atoms with Gasteiger partial charge in [0.25, 0.3) is 0 Å². The van der Waals surface area contributed by atoms with Crippen LogP contribution in [0.2, 0.25) is 0 Å². The number of anilines is 1. The number of nitrogens with one attached hydrogen (secondary N) is 1. The summed E-state index contributed by atoms with van der Waals surface area (Å²) in [5.74, 6) is 0.0946. The van der Waals surface area contributed by atoms with Gasteiger partial charge in [0.05, 0.1) is 0 Å². The van der Waals surface area contributed by atoms with Crippen LogP contribution < -0.4 is 11.1 Å². The second-order valence-electron chi connectivity index (χ2n) is 5.87. The van der Waals surface area contributed by atoms with Crippen molar-refractivity contribution in [2.24, 2.45) is 11.7 Å². The molecular weight excluding hydrogens is 269 g/mol. The molecule has 0 aromatic heterocycles. The molecule has 2 rings (SSSR count). The monoisotopic (exact) mass is 293 g/mol. The minimum Gasteiger partial charge on any atom is -0.328 e. The SMILES string of the molecule is CC(N)C1CCCN(CCC(=O)Nc2cccc(F)c2)C1. The van der Waals surface area contributed by atoms with Crippen LogP contribution in [-0.4, -0.2) is 36.5 Å². The highest BCUT2D eigenvalue weighted by Gasteiger charge is 2.22. The van der Waals surface area contributed by atoms with Gasteiger partial charge in [-0.3, -0.25) is 4.79 Å². The molecule has 1 amide bonds. The first-order valence-electron chi connectivity index (χ1n) is 7.58. The first-order valence-corrected chi connectivity index (χ1v) is 7.58. The molecule has 3 N–H and O–H groups in total. The van der Waals surface area contributed by atoms with Crippen LogP contribution in [0.1, 0.15) is 26.2 Å². The molecule has 1 saturated heterocycles. The lowest BCUT2D eigenvalue weighted by Crippen LogP contribution is -2.43. The minimum absolute atomic E-state index is 0.0801. The van der Waals surface area contributed by atoms with Gasteiger partial charge in [0, 0.05) is 31.2 Å². The lowest BCUT2D eigenvalue weighted by atomic mass is 9.92. The summed E-state index contributed by atoms with van der Waals surface area (Å²) in [6, 6.07) is 6.16. The van der Waals surface area contributed by atoms with Gasteiger partial charge in [-0.25, -0.2) is 4.39 Å². The number of nitrogens with zero attached hydrogens (tertiary/aromatic N) is 1. The van der Waals surface area contributed by atoms with Gasteiger partial charge < -0.3 is 16.0 Å². The third-order valence-corrected chi connectivity index (χ3v) is 4.05. The average molecular weight is 293 g/mol. The number of benzene rings is 1. The van der Waals surface area contributed by atoms with Crippen LogP contribution in [0, 0.1) is 11.7 Å². The van der Waals surface area contributed by atoms with E-state index in [0.717, 1.165) is 26.1 Å². The Kier molecular flexibility index (Phi) is 5.70. The number of piperidine rings is 1. The highest BCUT2D eigenvalue weighted by atomic mass is 19.1. The molecule has 21 heavy (non-hydrogen) atoms. The van der Waals surface area contributed by atoms with Gasteiger partial charge in [-0.15, -0.1) is 0 Å². The topological polar surface area (TPSA) is 58.4 Å². The van der Waals surface area contributed by atoms with Crippen LogP contribution in [0.3, 0.4) is 0 Å². The molecule has 0 bridgehead atoms. The number of carbonyl (C=O) groups is 1. The Hall–Kier alpha value is -1.46. The Labute approximate surface area is 125 Å². The van der Waals surface area contributed by atoms with E-state index in [9.17, 15) is 9.18 Å². The standard InChI is InChI=1S/C16H24FN3O/c1-12(18)13-4-3-8-20(11-13)9-7-16(21)19-15-6-2-5-14(17)10-15/h2,5-6,10,12-13H,3-4,7-9,11,18H2,1H3,(H,19,21). The van der Waals surface area contributed by atoms with Crippen LogP contribution in [0.15, 0.2) is 24.3 Å². The van der Waals surface area contributed by atoms with Crippen LogP contribution in [-0.2, 0) is 4.79 Å². The Bertz CT molecular complexity index is 478. The van der Waals surface area contributed by atoms with Crippen molar-refractivity contribution >= 4 is 11.6 Å². The van der Waals surface area contributed by atoms with E-state index in [1.807, 2.05) is 6.92 Å². The molecule has 5 heteroatoms. The van der Waals surface area contributed by atoms with E-state index in [0.29, 0.717) is 18.0 Å². The van der Waals surface area contributed by atoms with Crippen LogP contribution in [0.25, 0.3) is 0 Å². The zero-order valence-corrected chi connectivity index (χ0v) is 12.5. The fourth-order valence-corrected chi connectivity index (χ4v) is 2.77. The van der Waals surface area contributed by atoms with Crippen LogP contribution in [0.4, 0.5) is 10.1 Å². The highest BCUT2D eigenvalue weighted by Crippen LogP contribution is 2.19. The van der Waals surface area contributed by atoms with Gasteiger partial charge >= 0.3 is 0 Å². The van der Waals surface area contributed by atoms with E-state index >= 15 is 0 Å². The second-order valence-corrected chi connectivity index (χ2v) is 5.87. The van der Waals surface area contributed by atoms with Gasteiger partial charge in [-0.05, 0) is 50.4 Å². The molecule has 2 unspecified atom stereocenters. The maximum absolute atomic E-state index is 13.0. The number of carbonyl (C=O) groups excluding carboxylic acids is 1. The van der Waals surface area contributed by atoms with Gasteiger partial charge in [0.1, 0.15) is 5.82 Å². The van der Waals surface area contributed by atoms with E-state index in [1.54, 1.807) is 12.1 Å². The van der Waals surface area contributed by atoms with E-state index in [2.05, 4.69) is 10.2 Å². The molecule has 4 nitrogen and oxygen atoms in total. The van der Waals surface area contributed by atoms with Crippen molar-refractivity contribution in [2.75, 3.05) is 25.0 Å².